The van der Waals surface area contributed by atoms with Crippen LogP contribution in [0, 0.1) is 0 Å². The molecular formula is C29H29N3O. The van der Waals surface area contributed by atoms with Gasteiger partial charge in [0.15, 0.2) is 0 Å². The van der Waals surface area contributed by atoms with Crippen molar-refractivity contribution < 1.29 is 4.79 Å². The quantitative estimate of drug-likeness (QED) is 0.289. The van der Waals surface area contributed by atoms with Crippen molar-refractivity contribution in [3.05, 3.63) is 120 Å². The minimum atomic E-state index is -0.0248. The Labute approximate surface area is 195 Å². The number of rotatable bonds is 9. The van der Waals surface area contributed by atoms with Crippen molar-refractivity contribution in [2.24, 2.45) is 0 Å². The standard InChI is InChI=1S/C29H29N3O/c1-3-14-26-27(29(33)31(21-4-2)22-23-15-8-5-9-16-23)28(24-17-10-6-11-18-24)30-32(26)25-19-12-7-13-20-25/h4-13,15-20H,2-3,14,21-22H2,1H3. The van der Waals surface area contributed by atoms with E-state index < -0.39 is 0 Å². The van der Waals surface area contributed by atoms with Gasteiger partial charge in [-0.3, -0.25) is 4.79 Å². The Hall–Kier alpha value is -3.92. The maximum Gasteiger partial charge on any atom is 0.258 e. The summed E-state index contributed by atoms with van der Waals surface area (Å²) in [5.74, 6) is -0.0248. The average Bonchev–Trinajstić information content (AvgIpc) is 3.24. The van der Waals surface area contributed by atoms with Crippen molar-refractivity contribution in [2.75, 3.05) is 6.54 Å². The van der Waals surface area contributed by atoms with Gasteiger partial charge in [-0.25, -0.2) is 4.68 Å². The summed E-state index contributed by atoms with van der Waals surface area (Å²) in [7, 11) is 0. The summed E-state index contributed by atoms with van der Waals surface area (Å²) in [4.78, 5) is 15.9. The second-order valence-corrected chi connectivity index (χ2v) is 7.99. The molecule has 166 valence electrons. The highest BCUT2D eigenvalue weighted by Crippen LogP contribution is 2.30. The Morgan fingerprint density at radius 1 is 0.939 bits per heavy atom. The molecule has 0 aliphatic heterocycles. The number of hydrogen-bond donors (Lipinski definition) is 0. The third-order valence-electron chi connectivity index (χ3n) is 5.58. The van der Waals surface area contributed by atoms with E-state index in [0.717, 1.165) is 41.0 Å². The van der Waals surface area contributed by atoms with Crippen LogP contribution in [0.25, 0.3) is 16.9 Å². The molecule has 0 aliphatic carbocycles. The minimum Gasteiger partial charge on any atom is -0.330 e. The summed E-state index contributed by atoms with van der Waals surface area (Å²) in [5.41, 5.74) is 5.30. The van der Waals surface area contributed by atoms with Gasteiger partial charge in [-0.15, -0.1) is 6.58 Å². The normalized spacial score (nSPS) is 10.7. The lowest BCUT2D eigenvalue weighted by Gasteiger charge is -2.22. The van der Waals surface area contributed by atoms with Crippen LogP contribution in [0.4, 0.5) is 0 Å². The molecule has 0 radical (unpaired) electrons. The zero-order chi connectivity index (χ0) is 23.0. The average molecular weight is 436 g/mol. The largest absolute Gasteiger partial charge is 0.330 e. The number of para-hydroxylation sites is 1. The van der Waals surface area contributed by atoms with Gasteiger partial charge in [-0.05, 0) is 24.1 Å². The molecule has 0 saturated heterocycles. The summed E-state index contributed by atoms with van der Waals surface area (Å²) < 4.78 is 1.94. The van der Waals surface area contributed by atoms with Gasteiger partial charge in [0, 0.05) is 18.7 Å². The van der Waals surface area contributed by atoms with Gasteiger partial charge >= 0.3 is 0 Å². The van der Waals surface area contributed by atoms with Gasteiger partial charge in [-0.2, -0.15) is 5.10 Å². The number of amides is 1. The molecular weight excluding hydrogens is 406 g/mol. The third kappa shape index (κ3) is 4.96. The number of hydrogen-bond acceptors (Lipinski definition) is 2. The molecule has 1 amide bonds. The molecule has 0 atom stereocenters. The van der Waals surface area contributed by atoms with Crippen LogP contribution in [0.2, 0.25) is 0 Å². The fourth-order valence-electron chi connectivity index (χ4n) is 4.06. The molecule has 4 aromatic rings. The van der Waals surface area contributed by atoms with Crippen LogP contribution >= 0.6 is 0 Å². The van der Waals surface area contributed by atoms with Crippen LogP contribution in [0.15, 0.2) is 104 Å². The van der Waals surface area contributed by atoms with Crippen molar-refractivity contribution in [3.63, 3.8) is 0 Å². The predicted molar refractivity (Wildman–Crippen MR) is 134 cm³/mol. The molecule has 0 saturated carbocycles. The van der Waals surface area contributed by atoms with Gasteiger partial charge in [0.25, 0.3) is 5.91 Å². The molecule has 33 heavy (non-hydrogen) atoms. The van der Waals surface area contributed by atoms with Crippen LogP contribution in [0.1, 0.15) is 35.0 Å². The van der Waals surface area contributed by atoms with E-state index in [1.54, 1.807) is 6.08 Å². The molecule has 3 aromatic carbocycles. The van der Waals surface area contributed by atoms with E-state index in [1.807, 2.05) is 101 Å². The predicted octanol–water partition coefficient (Wildman–Crippen LogP) is 6.32. The van der Waals surface area contributed by atoms with E-state index in [1.165, 1.54) is 0 Å². The van der Waals surface area contributed by atoms with Crippen molar-refractivity contribution in [2.45, 2.75) is 26.3 Å². The van der Waals surface area contributed by atoms with Crippen molar-refractivity contribution in [1.82, 2.24) is 14.7 Å². The van der Waals surface area contributed by atoms with Gasteiger partial charge in [0.2, 0.25) is 0 Å². The first-order valence-electron chi connectivity index (χ1n) is 11.4. The lowest BCUT2D eigenvalue weighted by molar-refractivity contribution is 0.0762. The van der Waals surface area contributed by atoms with E-state index in [2.05, 4.69) is 13.5 Å². The van der Waals surface area contributed by atoms with Crippen molar-refractivity contribution >= 4 is 5.91 Å². The lowest BCUT2D eigenvalue weighted by Crippen LogP contribution is -2.31. The lowest BCUT2D eigenvalue weighted by atomic mass is 10.0. The van der Waals surface area contributed by atoms with Gasteiger partial charge in [0.1, 0.15) is 5.69 Å². The molecule has 4 nitrogen and oxygen atoms in total. The first kappa shape index (κ1) is 22.3. The maximum atomic E-state index is 14.1. The molecule has 0 bridgehead atoms. The number of nitrogens with zero attached hydrogens (tertiary/aromatic N) is 3. The first-order chi connectivity index (χ1) is 16.2. The number of carbonyl (C=O) groups excluding carboxylic acids is 1. The molecule has 1 heterocycles. The smallest absolute Gasteiger partial charge is 0.258 e. The first-order valence-corrected chi connectivity index (χ1v) is 11.4. The zero-order valence-corrected chi connectivity index (χ0v) is 19.0. The summed E-state index contributed by atoms with van der Waals surface area (Å²) >= 11 is 0. The molecule has 4 rings (SSSR count). The highest BCUT2D eigenvalue weighted by molar-refractivity contribution is 6.01. The zero-order valence-electron chi connectivity index (χ0n) is 19.0. The fraction of sp³-hybridized carbons (Fsp3) is 0.172. The second kappa shape index (κ2) is 10.6. The number of benzene rings is 3. The van der Waals surface area contributed by atoms with Gasteiger partial charge < -0.3 is 4.90 Å². The molecule has 0 unspecified atom stereocenters. The highest BCUT2D eigenvalue weighted by atomic mass is 16.2. The molecule has 0 aliphatic rings. The molecule has 0 N–H and O–H groups in total. The maximum absolute atomic E-state index is 14.1. The molecule has 0 fully saturated rings. The molecule has 0 spiro atoms. The second-order valence-electron chi connectivity index (χ2n) is 7.99. The summed E-state index contributed by atoms with van der Waals surface area (Å²) in [6.07, 6.45) is 3.44. The third-order valence-corrected chi connectivity index (χ3v) is 5.58. The minimum absolute atomic E-state index is 0.0248. The van der Waals surface area contributed by atoms with Crippen LogP contribution in [-0.4, -0.2) is 27.1 Å². The van der Waals surface area contributed by atoms with E-state index in [-0.39, 0.29) is 5.91 Å². The Kier molecular flexibility index (Phi) is 7.16. The topological polar surface area (TPSA) is 38.1 Å². The van der Waals surface area contributed by atoms with E-state index in [4.69, 9.17) is 5.10 Å². The Bertz CT molecular complexity index is 1200. The summed E-state index contributed by atoms with van der Waals surface area (Å²) in [5, 5.41) is 4.98. The van der Waals surface area contributed by atoms with E-state index >= 15 is 0 Å². The van der Waals surface area contributed by atoms with Crippen LogP contribution in [-0.2, 0) is 13.0 Å². The van der Waals surface area contributed by atoms with E-state index in [0.29, 0.717) is 18.7 Å². The monoisotopic (exact) mass is 435 g/mol. The Morgan fingerprint density at radius 3 is 2.15 bits per heavy atom. The highest BCUT2D eigenvalue weighted by Gasteiger charge is 2.28. The Balaban J connectivity index is 1.87. The van der Waals surface area contributed by atoms with Crippen molar-refractivity contribution in [1.29, 1.82) is 0 Å². The van der Waals surface area contributed by atoms with Crippen LogP contribution in [0.3, 0.4) is 0 Å². The summed E-state index contributed by atoms with van der Waals surface area (Å²) in [6.45, 7) is 7.00. The molecule has 1 aromatic heterocycles. The number of aromatic nitrogens is 2. The van der Waals surface area contributed by atoms with Crippen LogP contribution < -0.4 is 0 Å². The van der Waals surface area contributed by atoms with Crippen LogP contribution in [0.5, 0.6) is 0 Å². The SMILES string of the molecule is C=CCN(Cc1ccccc1)C(=O)c1c(-c2ccccc2)nn(-c2ccccc2)c1CCC. The summed E-state index contributed by atoms with van der Waals surface area (Å²) in [6, 6.07) is 30.1. The fourth-order valence-corrected chi connectivity index (χ4v) is 4.06. The Morgan fingerprint density at radius 2 is 1.55 bits per heavy atom. The van der Waals surface area contributed by atoms with E-state index in [9.17, 15) is 4.79 Å². The molecule has 4 heteroatoms. The van der Waals surface area contributed by atoms with Crippen molar-refractivity contribution in [3.8, 4) is 16.9 Å². The number of carbonyl (C=O) groups is 1. The van der Waals surface area contributed by atoms with Gasteiger partial charge in [-0.1, -0.05) is 98.3 Å². The van der Waals surface area contributed by atoms with Gasteiger partial charge in [0.05, 0.1) is 16.9 Å².